The number of para-hydroxylation sites is 2. The molecule has 0 unspecified atom stereocenters. The maximum Gasteiger partial charge on any atom is 0.0712 e. The standard InChI is InChI=1S/C26H17N/c1-3-11-19-17(9-1)18-10-2-4-12-20(18)25(19)26-21-13-5-7-15-23(21)27-24-16-8-6-14-22(24)26/h1-16,25H. The van der Waals surface area contributed by atoms with E-state index in [9.17, 15) is 0 Å². The predicted molar refractivity (Wildman–Crippen MR) is 112 cm³/mol. The van der Waals surface area contributed by atoms with Gasteiger partial charge in [0.25, 0.3) is 0 Å². The summed E-state index contributed by atoms with van der Waals surface area (Å²) in [5.41, 5.74) is 8.97. The zero-order chi connectivity index (χ0) is 17.8. The molecule has 1 heteroatoms. The first-order chi connectivity index (χ1) is 13.4. The van der Waals surface area contributed by atoms with Crippen molar-refractivity contribution in [1.82, 2.24) is 4.98 Å². The fraction of sp³-hybridized carbons (Fsp3) is 0.0385. The number of hydrogen-bond acceptors (Lipinski definition) is 1. The van der Waals surface area contributed by atoms with Crippen LogP contribution < -0.4 is 0 Å². The summed E-state index contributed by atoms with van der Waals surface area (Å²) in [6, 6.07) is 34.7. The van der Waals surface area contributed by atoms with E-state index in [0.717, 1.165) is 11.0 Å². The van der Waals surface area contributed by atoms with Crippen LogP contribution in [0.1, 0.15) is 22.6 Å². The molecule has 0 saturated carbocycles. The van der Waals surface area contributed by atoms with E-state index in [1.165, 1.54) is 38.6 Å². The summed E-state index contributed by atoms with van der Waals surface area (Å²) in [6.07, 6.45) is 0. The highest BCUT2D eigenvalue weighted by Gasteiger charge is 2.31. The lowest BCUT2D eigenvalue weighted by molar-refractivity contribution is 1.04. The van der Waals surface area contributed by atoms with Crippen molar-refractivity contribution in [3.63, 3.8) is 0 Å². The minimum absolute atomic E-state index is 0.232. The van der Waals surface area contributed by atoms with Crippen LogP contribution in [0, 0.1) is 0 Å². The first-order valence-electron chi connectivity index (χ1n) is 9.37. The highest BCUT2D eigenvalue weighted by molar-refractivity contribution is 6.00. The van der Waals surface area contributed by atoms with Crippen LogP contribution in [0.4, 0.5) is 0 Å². The lowest BCUT2D eigenvalue weighted by Gasteiger charge is -2.19. The summed E-state index contributed by atoms with van der Waals surface area (Å²) in [5.74, 6) is 0.232. The monoisotopic (exact) mass is 343 g/mol. The summed E-state index contributed by atoms with van der Waals surface area (Å²) in [7, 11) is 0. The molecule has 0 spiro atoms. The van der Waals surface area contributed by atoms with Gasteiger partial charge in [-0.05, 0) is 39.9 Å². The Labute approximate surface area is 157 Å². The Balaban J connectivity index is 1.80. The third kappa shape index (κ3) is 2.03. The van der Waals surface area contributed by atoms with Gasteiger partial charge in [-0.25, -0.2) is 4.98 Å². The van der Waals surface area contributed by atoms with Crippen LogP contribution in [-0.4, -0.2) is 4.98 Å². The van der Waals surface area contributed by atoms with E-state index in [1.54, 1.807) is 0 Å². The molecule has 5 aromatic rings. The van der Waals surface area contributed by atoms with Crippen LogP contribution >= 0.6 is 0 Å². The highest BCUT2D eigenvalue weighted by atomic mass is 14.7. The van der Waals surface area contributed by atoms with Gasteiger partial charge in [-0.3, -0.25) is 0 Å². The van der Waals surface area contributed by atoms with Crippen LogP contribution in [0.15, 0.2) is 97.1 Å². The van der Waals surface area contributed by atoms with Gasteiger partial charge in [0, 0.05) is 16.7 Å². The number of hydrogen-bond donors (Lipinski definition) is 0. The Bertz CT molecular complexity index is 1230. The molecule has 27 heavy (non-hydrogen) atoms. The molecule has 0 fully saturated rings. The molecule has 0 aliphatic heterocycles. The van der Waals surface area contributed by atoms with Gasteiger partial charge in [-0.1, -0.05) is 84.9 Å². The molecule has 0 atom stereocenters. The minimum Gasteiger partial charge on any atom is -0.248 e. The van der Waals surface area contributed by atoms with Crippen molar-refractivity contribution < 1.29 is 0 Å². The van der Waals surface area contributed by atoms with E-state index >= 15 is 0 Å². The second-order valence-corrected chi connectivity index (χ2v) is 7.17. The predicted octanol–water partition coefficient (Wildman–Crippen LogP) is 6.55. The molecular weight excluding hydrogens is 326 g/mol. The van der Waals surface area contributed by atoms with Gasteiger partial charge in [0.2, 0.25) is 0 Å². The first-order valence-corrected chi connectivity index (χ1v) is 9.37. The van der Waals surface area contributed by atoms with Crippen LogP contribution in [0.5, 0.6) is 0 Å². The lowest BCUT2D eigenvalue weighted by atomic mass is 9.85. The Morgan fingerprint density at radius 3 is 1.48 bits per heavy atom. The van der Waals surface area contributed by atoms with E-state index in [2.05, 4.69) is 97.1 Å². The van der Waals surface area contributed by atoms with Crippen LogP contribution in [0.2, 0.25) is 0 Å². The SMILES string of the molecule is c1ccc2c(c1)-c1ccccc1C2c1c2ccccc2nc2ccccc12. The largest absolute Gasteiger partial charge is 0.248 e. The Kier molecular flexibility index (Phi) is 3.00. The summed E-state index contributed by atoms with van der Waals surface area (Å²) in [6.45, 7) is 0. The summed E-state index contributed by atoms with van der Waals surface area (Å²) >= 11 is 0. The van der Waals surface area contributed by atoms with Crippen molar-refractivity contribution in [3.8, 4) is 11.1 Å². The molecule has 1 aliphatic rings. The fourth-order valence-electron chi connectivity index (χ4n) is 4.65. The van der Waals surface area contributed by atoms with Crippen LogP contribution in [0.25, 0.3) is 32.9 Å². The molecule has 126 valence electrons. The fourth-order valence-corrected chi connectivity index (χ4v) is 4.65. The Hall–Kier alpha value is -3.45. The first kappa shape index (κ1) is 14.7. The van der Waals surface area contributed by atoms with Crippen molar-refractivity contribution in [2.75, 3.05) is 0 Å². The Morgan fingerprint density at radius 1 is 0.481 bits per heavy atom. The number of rotatable bonds is 1. The van der Waals surface area contributed by atoms with Crippen molar-refractivity contribution in [1.29, 1.82) is 0 Å². The zero-order valence-corrected chi connectivity index (χ0v) is 14.8. The molecule has 0 N–H and O–H groups in total. The molecule has 1 heterocycles. The molecule has 6 rings (SSSR count). The average molecular weight is 343 g/mol. The van der Waals surface area contributed by atoms with Gasteiger partial charge < -0.3 is 0 Å². The number of benzene rings is 4. The van der Waals surface area contributed by atoms with Crippen molar-refractivity contribution >= 4 is 21.8 Å². The van der Waals surface area contributed by atoms with E-state index in [0.29, 0.717) is 0 Å². The maximum absolute atomic E-state index is 4.92. The Morgan fingerprint density at radius 2 is 0.926 bits per heavy atom. The molecule has 1 aliphatic carbocycles. The summed E-state index contributed by atoms with van der Waals surface area (Å²) in [5, 5.41) is 2.49. The lowest BCUT2D eigenvalue weighted by Crippen LogP contribution is -2.02. The highest BCUT2D eigenvalue weighted by Crippen LogP contribution is 2.50. The quantitative estimate of drug-likeness (QED) is 0.309. The molecule has 1 nitrogen and oxygen atoms in total. The van der Waals surface area contributed by atoms with Crippen molar-refractivity contribution in [2.45, 2.75) is 5.92 Å². The van der Waals surface area contributed by atoms with Gasteiger partial charge in [-0.2, -0.15) is 0 Å². The third-order valence-electron chi connectivity index (χ3n) is 5.75. The van der Waals surface area contributed by atoms with E-state index < -0.39 is 0 Å². The minimum atomic E-state index is 0.232. The molecule has 1 aromatic heterocycles. The van der Waals surface area contributed by atoms with Crippen molar-refractivity contribution in [3.05, 3.63) is 114 Å². The molecule has 0 radical (unpaired) electrons. The second-order valence-electron chi connectivity index (χ2n) is 7.17. The second kappa shape index (κ2) is 5.52. The smallest absolute Gasteiger partial charge is 0.0712 e. The van der Waals surface area contributed by atoms with Gasteiger partial charge in [0.05, 0.1) is 11.0 Å². The molecule has 0 saturated heterocycles. The topological polar surface area (TPSA) is 12.9 Å². The van der Waals surface area contributed by atoms with E-state index in [1.807, 2.05) is 0 Å². The normalized spacial score (nSPS) is 13.0. The molecule has 0 amide bonds. The van der Waals surface area contributed by atoms with Crippen molar-refractivity contribution in [2.24, 2.45) is 0 Å². The van der Waals surface area contributed by atoms with Gasteiger partial charge in [0.15, 0.2) is 0 Å². The van der Waals surface area contributed by atoms with Gasteiger partial charge >= 0.3 is 0 Å². The van der Waals surface area contributed by atoms with Crippen LogP contribution in [0.3, 0.4) is 0 Å². The summed E-state index contributed by atoms with van der Waals surface area (Å²) in [4.78, 5) is 4.92. The van der Waals surface area contributed by atoms with Crippen LogP contribution in [-0.2, 0) is 0 Å². The third-order valence-corrected chi connectivity index (χ3v) is 5.75. The van der Waals surface area contributed by atoms with E-state index in [4.69, 9.17) is 4.98 Å². The number of pyridine rings is 1. The van der Waals surface area contributed by atoms with E-state index in [-0.39, 0.29) is 5.92 Å². The van der Waals surface area contributed by atoms with Gasteiger partial charge in [-0.15, -0.1) is 0 Å². The number of nitrogens with zero attached hydrogens (tertiary/aromatic N) is 1. The average Bonchev–Trinajstić information content (AvgIpc) is 3.06. The molecule has 4 aromatic carbocycles. The van der Waals surface area contributed by atoms with Gasteiger partial charge in [0.1, 0.15) is 0 Å². The zero-order valence-electron chi connectivity index (χ0n) is 14.8. The number of fused-ring (bicyclic) bond motifs is 5. The number of aromatic nitrogens is 1. The molecule has 0 bridgehead atoms. The maximum atomic E-state index is 4.92. The molecular formula is C26H17N. The summed E-state index contributed by atoms with van der Waals surface area (Å²) < 4.78 is 0.